The Morgan fingerprint density at radius 2 is 1.69 bits per heavy atom. The molecule has 0 atom stereocenters. The molecule has 0 saturated heterocycles. The number of alkyl halides is 3. The lowest BCUT2D eigenvalue weighted by Crippen LogP contribution is -2.38. The van der Waals surface area contributed by atoms with E-state index < -0.39 is 11.7 Å². The number of halogens is 3. The van der Waals surface area contributed by atoms with Crippen molar-refractivity contribution in [1.29, 1.82) is 0 Å². The van der Waals surface area contributed by atoms with E-state index >= 15 is 0 Å². The maximum Gasteiger partial charge on any atom is 0.416 e. The molecule has 1 aliphatic rings. The van der Waals surface area contributed by atoms with Crippen LogP contribution in [-0.2, 0) is 30.5 Å². The lowest BCUT2D eigenvalue weighted by atomic mass is 10.1. The highest BCUT2D eigenvalue weighted by atomic mass is 19.4. The Morgan fingerprint density at radius 1 is 1.03 bits per heavy atom. The molecule has 0 aromatic heterocycles. The fraction of sp³-hybridized carbons (Fsp3) is 0.417. The van der Waals surface area contributed by atoms with Crippen LogP contribution in [0.3, 0.4) is 0 Å². The summed E-state index contributed by atoms with van der Waals surface area (Å²) in [7, 11) is 0. The molecule has 0 bridgehead atoms. The summed E-state index contributed by atoms with van der Waals surface area (Å²) in [6.07, 6.45) is -2.64. The van der Waals surface area contributed by atoms with Crippen LogP contribution >= 0.6 is 0 Å². The topological polar surface area (TPSA) is 56.7 Å². The molecule has 172 valence electrons. The highest BCUT2D eigenvalue weighted by Crippen LogP contribution is 2.29. The standard InChI is InChI=1S/C24H29F3N4O/c1-2-28-23(30-15-13-18-9-11-21(12-10-18)24(25,26)27)29-14-5-8-22(32)31-16-19-6-3-4-7-20(19)17-31/h3-4,6-7,9-12H,2,5,8,13-17H2,1H3,(H2,28,29,30). The zero-order valence-electron chi connectivity index (χ0n) is 18.2. The van der Waals surface area contributed by atoms with Crippen molar-refractivity contribution < 1.29 is 18.0 Å². The average Bonchev–Trinajstić information content (AvgIpc) is 3.21. The summed E-state index contributed by atoms with van der Waals surface area (Å²) in [6.45, 7) is 5.06. The maximum absolute atomic E-state index is 12.6. The van der Waals surface area contributed by atoms with Gasteiger partial charge in [-0.1, -0.05) is 36.4 Å². The third kappa shape index (κ3) is 6.73. The van der Waals surface area contributed by atoms with Gasteiger partial charge in [0.1, 0.15) is 0 Å². The quantitative estimate of drug-likeness (QED) is 0.364. The molecule has 0 saturated carbocycles. The third-order valence-electron chi connectivity index (χ3n) is 5.34. The van der Waals surface area contributed by atoms with Gasteiger partial charge in [0.15, 0.2) is 5.96 Å². The number of amides is 1. The minimum absolute atomic E-state index is 0.136. The van der Waals surface area contributed by atoms with Crippen molar-refractivity contribution in [2.75, 3.05) is 19.6 Å². The van der Waals surface area contributed by atoms with E-state index in [4.69, 9.17) is 0 Å². The van der Waals surface area contributed by atoms with Gasteiger partial charge in [-0.2, -0.15) is 13.2 Å². The Labute approximate surface area is 186 Å². The molecule has 0 fully saturated rings. The van der Waals surface area contributed by atoms with Crippen LogP contribution in [0.25, 0.3) is 0 Å². The van der Waals surface area contributed by atoms with Gasteiger partial charge in [-0.05, 0) is 48.6 Å². The van der Waals surface area contributed by atoms with Crippen molar-refractivity contribution in [1.82, 2.24) is 15.5 Å². The van der Waals surface area contributed by atoms with Crippen LogP contribution in [0.15, 0.2) is 53.5 Å². The van der Waals surface area contributed by atoms with Crippen molar-refractivity contribution >= 4 is 11.9 Å². The molecule has 3 rings (SSSR count). The molecule has 0 aliphatic carbocycles. The maximum atomic E-state index is 12.6. The number of rotatable bonds is 8. The zero-order chi connectivity index (χ0) is 23.0. The van der Waals surface area contributed by atoms with E-state index in [0.29, 0.717) is 57.9 Å². The van der Waals surface area contributed by atoms with Gasteiger partial charge >= 0.3 is 6.18 Å². The average molecular weight is 447 g/mol. The number of fused-ring (bicyclic) bond motifs is 1. The summed E-state index contributed by atoms with van der Waals surface area (Å²) in [5.74, 6) is 0.775. The first kappa shape index (κ1) is 23.6. The minimum atomic E-state index is -4.32. The summed E-state index contributed by atoms with van der Waals surface area (Å²) in [5, 5.41) is 6.34. The molecule has 1 aliphatic heterocycles. The molecular weight excluding hydrogens is 417 g/mol. The summed E-state index contributed by atoms with van der Waals surface area (Å²) in [4.78, 5) is 18.9. The van der Waals surface area contributed by atoms with E-state index in [0.717, 1.165) is 17.7 Å². The van der Waals surface area contributed by atoms with Crippen LogP contribution in [-0.4, -0.2) is 36.4 Å². The number of guanidine groups is 1. The molecule has 1 heterocycles. The van der Waals surface area contributed by atoms with E-state index in [1.54, 1.807) is 0 Å². The van der Waals surface area contributed by atoms with Crippen LogP contribution in [0.1, 0.15) is 42.0 Å². The van der Waals surface area contributed by atoms with Crippen molar-refractivity contribution in [3.63, 3.8) is 0 Å². The minimum Gasteiger partial charge on any atom is -0.357 e. The van der Waals surface area contributed by atoms with Crippen LogP contribution in [0, 0.1) is 0 Å². The number of benzene rings is 2. The summed E-state index contributed by atoms with van der Waals surface area (Å²) >= 11 is 0. The van der Waals surface area contributed by atoms with Gasteiger partial charge in [-0.25, -0.2) is 0 Å². The largest absolute Gasteiger partial charge is 0.416 e. The molecule has 1 amide bonds. The highest BCUT2D eigenvalue weighted by molar-refractivity contribution is 5.80. The summed E-state index contributed by atoms with van der Waals surface area (Å²) in [6, 6.07) is 13.3. The van der Waals surface area contributed by atoms with E-state index in [9.17, 15) is 18.0 Å². The monoisotopic (exact) mass is 446 g/mol. The van der Waals surface area contributed by atoms with E-state index in [1.165, 1.54) is 23.3 Å². The second kappa shape index (κ2) is 11.0. The first-order valence-corrected chi connectivity index (χ1v) is 10.9. The number of hydrogen-bond acceptors (Lipinski definition) is 2. The van der Waals surface area contributed by atoms with Crippen molar-refractivity contribution in [3.05, 3.63) is 70.8 Å². The SMILES string of the molecule is CCNC(=NCCCC(=O)N1Cc2ccccc2C1)NCCc1ccc(C(F)(F)F)cc1. The molecule has 2 aromatic carbocycles. The van der Waals surface area contributed by atoms with E-state index in [2.05, 4.69) is 27.8 Å². The second-order valence-electron chi connectivity index (χ2n) is 7.75. The fourth-order valence-electron chi connectivity index (χ4n) is 3.62. The first-order valence-electron chi connectivity index (χ1n) is 10.9. The zero-order valence-corrected chi connectivity index (χ0v) is 18.2. The van der Waals surface area contributed by atoms with E-state index in [1.807, 2.05) is 24.0 Å². The number of hydrogen-bond donors (Lipinski definition) is 2. The number of aliphatic imine (C=N–C) groups is 1. The smallest absolute Gasteiger partial charge is 0.357 e. The van der Waals surface area contributed by atoms with Gasteiger partial charge in [0, 0.05) is 39.1 Å². The summed E-state index contributed by atoms with van der Waals surface area (Å²) in [5.41, 5.74) is 2.60. The van der Waals surface area contributed by atoms with Crippen LogP contribution in [0.4, 0.5) is 13.2 Å². The Morgan fingerprint density at radius 3 is 2.28 bits per heavy atom. The number of carbonyl (C=O) groups is 1. The molecule has 0 radical (unpaired) electrons. The fourth-order valence-corrected chi connectivity index (χ4v) is 3.62. The molecule has 8 heteroatoms. The molecule has 2 aromatic rings. The van der Waals surface area contributed by atoms with Crippen LogP contribution in [0.2, 0.25) is 0 Å². The van der Waals surface area contributed by atoms with Gasteiger partial charge in [-0.3, -0.25) is 9.79 Å². The predicted molar refractivity (Wildman–Crippen MR) is 119 cm³/mol. The number of nitrogens with one attached hydrogen (secondary N) is 2. The van der Waals surface area contributed by atoms with Crippen LogP contribution in [0.5, 0.6) is 0 Å². The molecule has 0 unspecified atom stereocenters. The van der Waals surface area contributed by atoms with Gasteiger partial charge in [-0.15, -0.1) is 0 Å². The number of nitrogens with zero attached hydrogens (tertiary/aromatic N) is 2. The second-order valence-corrected chi connectivity index (χ2v) is 7.75. The molecule has 0 spiro atoms. The Bertz CT molecular complexity index is 901. The third-order valence-corrected chi connectivity index (χ3v) is 5.34. The molecule has 32 heavy (non-hydrogen) atoms. The predicted octanol–water partition coefficient (Wildman–Crippen LogP) is 4.13. The lowest BCUT2D eigenvalue weighted by molar-refractivity contribution is -0.137. The molecule has 2 N–H and O–H groups in total. The Kier molecular flexibility index (Phi) is 8.14. The number of carbonyl (C=O) groups excluding carboxylic acids is 1. The Balaban J connectivity index is 1.39. The van der Waals surface area contributed by atoms with Gasteiger partial charge in [0.2, 0.25) is 5.91 Å². The van der Waals surface area contributed by atoms with Gasteiger partial charge in [0.25, 0.3) is 0 Å². The lowest BCUT2D eigenvalue weighted by Gasteiger charge is -2.15. The summed E-state index contributed by atoms with van der Waals surface area (Å²) < 4.78 is 37.9. The van der Waals surface area contributed by atoms with Gasteiger partial charge < -0.3 is 15.5 Å². The van der Waals surface area contributed by atoms with Crippen molar-refractivity contribution in [2.24, 2.45) is 4.99 Å². The van der Waals surface area contributed by atoms with Crippen LogP contribution < -0.4 is 10.6 Å². The van der Waals surface area contributed by atoms with E-state index in [-0.39, 0.29) is 5.91 Å². The normalized spacial score (nSPS) is 13.8. The molecular formula is C24H29F3N4O. The van der Waals surface area contributed by atoms with Crippen molar-refractivity contribution in [2.45, 2.75) is 45.5 Å². The molecule has 5 nitrogen and oxygen atoms in total. The first-order chi connectivity index (χ1) is 15.4. The van der Waals surface area contributed by atoms with Gasteiger partial charge in [0.05, 0.1) is 5.56 Å². The van der Waals surface area contributed by atoms with Crippen molar-refractivity contribution in [3.8, 4) is 0 Å². The Hall–Kier alpha value is -3.03. The highest BCUT2D eigenvalue weighted by Gasteiger charge is 2.29.